The van der Waals surface area contributed by atoms with Crippen molar-refractivity contribution in [2.45, 2.75) is 25.4 Å². The predicted octanol–water partition coefficient (Wildman–Crippen LogP) is 1.96. The Labute approximate surface area is 177 Å². The van der Waals surface area contributed by atoms with Crippen molar-refractivity contribution in [1.29, 1.82) is 0 Å². The molecule has 0 saturated carbocycles. The first-order valence-electron chi connectivity index (χ1n) is 9.14. The fourth-order valence-corrected chi connectivity index (χ4v) is 3.16. The number of nitrogens with one attached hydrogen (secondary N) is 3. The molecule has 1 aliphatic rings. The number of fused-ring (bicyclic) bond motifs is 1. The molecule has 30 heavy (non-hydrogen) atoms. The highest BCUT2D eigenvalue weighted by molar-refractivity contribution is 6.31. The van der Waals surface area contributed by atoms with E-state index >= 15 is 0 Å². The standard InChI is InChI=1S/C20H21ClFN5O3/c1-20(2,26-17(28)11-6-7-23-16(22)8-11)19(30)25-14-10-24-13-5-4-12(21)9-15(13)27(3)18(14)29/h4-9,14,24H,10H2,1-3H3,(H,25,30)(H,26,28)/t14-/m1/s1. The summed E-state index contributed by atoms with van der Waals surface area (Å²) in [5.41, 5.74) is -0.0311. The van der Waals surface area contributed by atoms with Gasteiger partial charge in [0, 0.05) is 36.4 Å². The van der Waals surface area contributed by atoms with E-state index in [0.717, 1.165) is 12.3 Å². The molecule has 1 aliphatic heterocycles. The highest BCUT2D eigenvalue weighted by Crippen LogP contribution is 2.30. The summed E-state index contributed by atoms with van der Waals surface area (Å²) in [5.74, 6) is -2.35. The van der Waals surface area contributed by atoms with Crippen LogP contribution in [0.15, 0.2) is 36.5 Å². The summed E-state index contributed by atoms with van der Waals surface area (Å²) < 4.78 is 13.3. The van der Waals surface area contributed by atoms with Crippen LogP contribution in [0, 0.1) is 5.95 Å². The van der Waals surface area contributed by atoms with E-state index in [-0.39, 0.29) is 18.0 Å². The second-order valence-corrected chi connectivity index (χ2v) is 7.85. The molecule has 158 valence electrons. The van der Waals surface area contributed by atoms with E-state index < -0.39 is 29.3 Å². The van der Waals surface area contributed by atoms with Gasteiger partial charge in [-0.15, -0.1) is 0 Å². The van der Waals surface area contributed by atoms with Crippen molar-refractivity contribution in [3.05, 3.63) is 53.1 Å². The maximum absolute atomic E-state index is 13.3. The van der Waals surface area contributed by atoms with Gasteiger partial charge in [-0.05, 0) is 38.1 Å². The lowest BCUT2D eigenvalue weighted by atomic mass is 10.0. The molecule has 2 aromatic rings. The number of benzene rings is 1. The first-order valence-corrected chi connectivity index (χ1v) is 9.52. The van der Waals surface area contributed by atoms with Gasteiger partial charge in [-0.25, -0.2) is 4.98 Å². The average molecular weight is 434 g/mol. The van der Waals surface area contributed by atoms with Crippen LogP contribution in [0.2, 0.25) is 5.02 Å². The van der Waals surface area contributed by atoms with Crippen LogP contribution in [0.1, 0.15) is 24.2 Å². The van der Waals surface area contributed by atoms with E-state index in [1.165, 1.54) is 24.8 Å². The van der Waals surface area contributed by atoms with E-state index in [9.17, 15) is 18.8 Å². The zero-order valence-corrected chi connectivity index (χ0v) is 17.4. The van der Waals surface area contributed by atoms with Gasteiger partial charge in [-0.1, -0.05) is 11.6 Å². The summed E-state index contributed by atoms with van der Waals surface area (Å²) in [4.78, 5) is 42.9. The topological polar surface area (TPSA) is 103 Å². The van der Waals surface area contributed by atoms with Crippen LogP contribution >= 0.6 is 11.6 Å². The molecule has 10 heteroatoms. The van der Waals surface area contributed by atoms with E-state index in [2.05, 4.69) is 20.9 Å². The predicted molar refractivity (Wildman–Crippen MR) is 111 cm³/mol. The molecule has 1 aromatic heterocycles. The van der Waals surface area contributed by atoms with Crippen LogP contribution in [-0.4, -0.2) is 47.9 Å². The lowest BCUT2D eigenvalue weighted by Crippen LogP contribution is -2.60. The van der Waals surface area contributed by atoms with E-state index in [0.29, 0.717) is 16.4 Å². The first-order chi connectivity index (χ1) is 14.1. The molecular formula is C20H21ClFN5O3. The Morgan fingerprint density at radius 1 is 1.30 bits per heavy atom. The van der Waals surface area contributed by atoms with Crippen LogP contribution in [0.5, 0.6) is 0 Å². The molecule has 3 N–H and O–H groups in total. The molecule has 0 fully saturated rings. The smallest absolute Gasteiger partial charge is 0.252 e. The van der Waals surface area contributed by atoms with E-state index in [1.807, 2.05) is 0 Å². The molecule has 2 heterocycles. The number of pyridine rings is 1. The lowest BCUT2D eigenvalue weighted by molar-refractivity contribution is -0.130. The molecule has 0 spiro atoms. The fraction of sp³-hybridized carbons (Fsp3) is 0.300. The van der Waals surface area contributed by atoms with Crippen molar-refractivity contribution in [1.82, 2.24) is 15.6 Å². The monoisotopic (exact) mass is 433 g/mol. The van der Waals surface area contributed by atoms with Gasteiger partial charge in [-0.2, -0.15) is 4.39 Å². The Morgan fingerprint density at radius 3 is 2.73 bits per heavy atom. The van der Waals surface area contributed by atoms with Crippen LogP contribution in [0.4, 0.5) is 15.8 Å². The van der Waals surface area contributed by atoms with Crippen molar-refractivity contribution in [2.75, 3.05) is 23.8 Å². The molecule has 3 amide bonds. The van der Waals surface area contributed by atoms with E-state index in [1.54, 1.807) is 25.2 Å². The lowest BCUT2D eigenvalue weighted by Gasteiger charge is -2.28. The molecule has 0 bridgehead atoms. The maximum atomic E-state index is 13.3. The summed E-state index contributed by atoms with van der Waals surface area (Å²) in [6.07, 6.45) is 1.16. The van der Waals surface area contributed by atoms with Gasteiger partial charge in [0.05, 0.1) is 11.4 Å². The molecule has 0 radical (unpaired) electrons. The molecule has 0 aliphatic carbocycles. The summed E-state index contributed by atoms with van der Waals surface area (Å²) in [5, 5.41) is 8.82. The quantitative estimate of drug-likeness (QED) is 0.639. The minimum Gasteiger partial charge on any atom is -0.381 e. The van der Waals surface area contributed by atoms with Gasteiger partial charge < -0.3 is 20.9 Å². The minimum absolute atomic E-state index is 0.0302. The summed E-state index contributed by atoms with van der Waals surface area (Å²) in [6.45, 7) is 3.14. The number of carbonyl (C=O) groups excluding carboxylic acids is 3. The van der Waals surface area contributed by atoms with Crippen LogP contribution in [0.25, 0.3) is 0 Å². The number of likely N-dealkylation sites (N-methyl/N-ethyl adjacent to an activating group) is 1. The number of halogens is 2. The number of rotatable bonds is 4. The van der Waals surface area contributed by atoms with Crippen LogP contribution in [-0.2, 0) is 9.59 Å². The van der Waals surface area contributed by atoms with Gasteiger partial charge >= 0.3 is 0 Å². The second kappa shape index (κ2) is 8.27. The van der Waals surface area contributed by atoms with Gasteiger partial charge in [-0.3, -0.25) is 14.4 Å². The molecule has 3 rings (SSSR count). The van der Waals surface area contributed by atoms with Gasteiger partial charge in [0.15, 0.2) is 0 Å². The molecular weight excluding hydrogens is 413 g/mol. The Bertz CT molecular complexity index is 1010. The highest BCUT2D eigenvalue weighted by Gasteiger charge is 2.35. The van der Waals surface area contributed by atoms with Crippen LogP contribution < -0.4 is 20.9 Å². The minimum atomic E-state index is -1.36. The van der Waals surface area contributed by atoms with Crippen molar-refractivity contribution in [2.24, 2.45) is 0 Å². The molecule has 1 atom stereocenters. The zero-order chi connectivity index (χ0) is 22.1. The molecule has 0 saturated heterocycles. The Kier molecular flexibility index (Phi) is 5.93. The van der Waals surface area contributed by atoms with Gasteiger partial charge in [0.2, 0.25) is 11.9 Å². The highest BCUT2D eigenvalue weighted by atomic mass is 35.5. The largest absolute Gasteiger partial charge is 0.381 e. The number of carbonyl (C=O) groups is 3. The van der Waals surface area contributed by atoms with Crippen molar-refractivity contribution >= 4 is 40.7 Å². The molecule has 1 aromatic carbocycles. The van der Waals surface area contributed by atoms with Crippen molar-refractivity contribution < 1.29 is 18.8 Å². The number of amides is 3. The SMILES string of the molecule is CN1C(=O)[C@H](NC(=O)C(C)(C)NC(=O)c2ccnc(F)c2)CNc2ccc(Cl)cc21. The normalized spacial score (nSPS) is 16.2. The Balaban J connectivity index is 1.71. The number of hydrogen-bond donors (Lipinski definition) is 3. The van der Waals surface area contributed by atoms with Gasteiger partial charge in [0.25, 0.3) is 11.8 Å². The second-order valence-electron chi connectivity index (χ2n) is 7.41. The fourth-order valence-electron chi connectivity index (χ4n) is 2.99. The van der Waals surface area contributed by atoms with E-state index in [4.69, 9.17) is 11.6 Å². The Hall–Kier alpha value is -3.20. The van der Waals surface area contributed by atoms with Crippen molar-refractivity contribution in [3.8, 4) is 0 Å². The third-order valence-corrected chi connectivity index (χ3v) is 4.97. The molecule has 8 nitrogen and oxygen atoms in total. The zero-order valence-electron chi connectivity index (χ0n) is 16.6. The number of aromatic nitrogens is 1. The first kappa shape index (κ1) is 21.5. The number of anilines is 2. The summed E-state index contributed by atoms with van der Waals surface area (Å²) in [6, 6.07) is 6.55. The van der Waals surface area contributed by atoms with Gasteiger partial charge in [0.1, 0.15) is 11.6 Å². The van der Waals surface area contributed by atoms with Crippen LogP contribution in [0.3, 0.4) is 0 Å². The molecule has 0 unspecified atom stereocenters. The third kappa shape index (κ3) is 4.51. The number of nitrogens with zero attached hydrogens (tertiary/aromatic N) is 2. The average Bonchev–Trinajstić information content (AvgIpc) is 2.80. The summed E-state index contributed by atoms with van der Waals surface area (Å²) in [7, 11) is 1.59. The summed E-state index contributed by atoms with van der Waals surface area (Å²) >= 11 is 6.03. The number of hydrogen-bond acceptors (Lipinski definition) is 5. The maximum Gasteiger partial charge on any atom is 0.252 e. The third-order valence-electron chi connectivity index (χ3n) is 4.73. The van der Waals surface area contributed by atoms with Crippen molar-refractivity contribution in [3.63, 3.8) is 0 Å². The Morgan fingerprint density at radius 2 is 2.03 bits per heavy atom.